The topological polar surface area (TPSA) is 37.3 Å². The molecule has 0 amide bonds. The fraction of sp³-hybridized carbons (Fsp3) is 0.0833. The molecule has 1 heterocycles. The summed E-state index contributed by atoms with van der Waals surface area (Å²) >= 11 is 1.55. The number of hydrogen-bond acceptors (Lipinski definition) is 2. The van der Waals surface area contributed by atoms with Crippen molar-refractivity contribution in [1.29, 1.82) is 0 Å². The van der Waals surface area contributed by atoms with Gasteiger partial charge in [0.15, 0.2) is 0 Å². The second-order valence-corrected chi connectivity index (χ2v) is 4.28. The molecular weight excluding hydrogens is 208 g/mol. The fourth-order valence-corrected chi connectivity index (χ4v) is 2.25. The highest BCUT2D eigenvalue weighted by Crippen LogP contribution is 2.28. The van der Waals surface area contributed by atoms with Crippen molar-refractivity contribution in [2.75, 3.05) is 0 Å². The van der Waals surface area contributed by atoms with Crippen molar-refractivity contribution in [3.8, 4) is 10.4 Å². The molecule has 0 atom stereocenters. The van der Waals surface area contributed by atoms with Gasteiger partial charge in [-0.3, -0.25) is 0 Å². The van der Waals surface area contributed by atoms with Crippen molar-refractivity contribution < 1.29 is 9.90 Å². The van der Waals surface area contributed by atoms with Crippen molar-refractivity contribution in [1.82, 2.24) is 0 Å². The van der Waals surface area contributed by atoms with Crippen LogP contribution in [0.3, 0.4) is 0 Å². The highest BCUT2D eigenvalue weighted by atomic mass is 32.1. The Morgan fingerprint density at radius 1 is 1.33 bits per heavy atom. The number of benzene rings is 1. The lowest BCUT2D eigenvalue weighted by Gasteiger charge is -2.04. The molecule has 0 fully saturated rings. The molecule has 0 unspecified atom stereocenters. The van der Waals surface area contributed by atoms with Crippen LogP contribution in [0.25, 0.3) is 10.4 Å². The van der Waals surface area contributed by atoms with E-state index in [-0.39, 0.29) is 0 Å². The van der Waals surface area contributed by atoms with Gasteiger partial charge in [0, 0.05) is 10.4 Å². The summed E-state index contributed by atoms with van der Waals surface area (Å²) in [5.74, 6) is -0.873. The molecule has 1 aromatic carbocycles. The molecule has 2 nitrogen and oxygen atoms in total. The van der Waals surface area contributed by atoms with E-state index in [1.807, 2.05) is 36.6 Å². The molecule has 0 aliphatic carbocycles. The molecule has 0 radical (unpaired) electrons. The van der Waals surface area contributed by atoms with Gasteiger partial charge in [-0.1, -0.05) is 23.8 Å². The number of rotatable bonds is 2. The Kier molecular flexibility index (Phi) is 2.56. The molecule has 0 aliphatic rings. The van der Waals surface area contributed by atoms with Crippen LogP contribution in [0.5, 0.6) is 0 Å². The monoisotopic (exact) mass is 218 g/mol. The van der Waals surface area contributed by atoms with E-state index in [0.717, 1.165) is 16.0 Å². The second-order valence-electron chi connectivity index (χ2n) is 3.33. The van der Waals surface area contributed by atoms with E-state index in [0.29, 0.717) is 5.56 Å². The van der Waals surface area contributed by atoms with E-state index in [1.54, 1.807) is 17.4 Å². The lowest BCUT2D eigenvalue weighted by molar-refractivity contribution is 0.0697. The van der Waals surface area contributed by atoms with Crippen LogP contribution in [0.15, 0.2) is 35.7 Å². The number of carboxylic acids is 1. The normalized spacial score (nSPS) is 10.2. The first kappa shape index (κ1) is 9.93. The Balaban J connectivity index is 2.61. The molecule has 0 aliphatic heterocycles. The van der Waals surface area contributed by atoms with Crippen LogP contribution in [0.2, 0.25) is 0 Å². The van der Waals surface area contributed by atoms with Crippen molar-refractivity contribution in [3.05, 3.63) is 46.8 Å². The molecule has 0 bridgehead atoms. The maximum absolute atomic E-state index is 11.1. The van der Waals surface area contributed by atoms with Crippen LogP contribution in [0.4, 0.5) is 0 Å². The summed E-state index contributed by atoms with van der Waals surface area (Å²) in [7, 11) is 0. The molecule has 0 spiro atoms. The van der Waals surface area contributed by atoms with Gasteiger partial charge in [0.25, 0.3) is 0 Å². The van der Waals surface area contributed by atoms with Crippen molar-refractivity contribution in [2.45, 2.75) is 6.92 Å². The van der Waals surface area contributed by atoms with E-state index in [2.05, 4.69) is 0 Å². The lowest BCUT2D eigenvalue weighted by atomic mass is 10.0. The Labute approximate surface area is 91.8 Å². The minimum atomic E-state index is -0.873. The molecule has 1 aromatic heterocycles. The standard InChI is InChI=1S/C12H10O2S/c1-8-4-5-9(10(7-8)12(13)14)11-3-2-6-15-11/h2-7H,1H3,(H,13,14). The Morgan fingerprint density at radius 3 is 2.73 bits per heavy atom. The zero-order chi connectivity index (χ0) is 10.8. The Bertz CT molecular complexity index is 486. The van der Waals surface area contributed by atoms with Gasteiger partial charge in [0.2, 0.25) is 0 Å². The van der Waals surface area contributed by atoms with Gasteiger partial charge in [0.1, 0.15) is 0 Å². The fourth-order valence-electron chi connectivity index (χ4n) is 1.48. The number of aryl methyl sites for hydroxylation is 1. The smallest absolute Gasteiger partial charge is 0.336 e. The van der Waals surface area contributed by atoms with Crippen LogP contribution >= 0.6 is 11.3 Å². The summed E-state index contributed by atoms with van der Waals surface area (Å²) < 4.78 is 0. The Morgan fingerprint density at radius 2 is 2.13 bits per heavy atom. The molecule has 15 heavy (non-hydrogen) atoms. The van der Waals surface area contributed by atoms with E-state index < -0.39 is 5.97 Å². The molecule has 2 aromatic rings. The van der Waals surface area contributed by atoms with E-state index in [4.69, 9.17) is 5.11 Å². The predicted molar refractivity (Wildman–Crippen MR) is 61.5 cm³/mol. The molecule has 2 rings (SSSR count). The van der Waals surface area contributed by atoms with Gasteiger partial charge in [-0.15, -0.1) is 11.3 Å². The van der Waals surface area contributed by atoms with Crippen LogP contribution in [0.1, 0.15) is 15.9 Å². The minimum Gasteiger partial charge on any atom is -0.478 e. The molecule has 1 N–H and O–H groups in total. The van der Waals surface area contributed by atoms with Gasteiger partial charge in [-0.05, 0) is 24.4 Å². The van der Waals surface area contributed by atoms with Crippen LogP contribution in [0, 0.1) is 6.92 Å². The number of thiophene rings is 1. The number of carboxylic acid groups (broad SMARTS) is 1. The molecule has 3 heteroatoms. The van der Waals surface area contributed by atoms with Gasteiger partial charge in [-0.2, -0.15) is 0 Å². The lowest BCUT2D eigenvalue weighted by Crippen LogP contribution is -1.99. The molecular formula is C12H10O2S. The first-order valence-corrected chi connectivity index (χ1v) is 5.44. The van der Waals surface area contributed by atoms with E-state index >= 15 is 0 Å². The summed E-state index contributed by atoms with van der Waals surface area (Å²) in [5, 5.41) is 11.0. The molecule has 76 valence electrons. The zero-order valence-electron chi connectivity index (χ0n) is 8.23. The third-order valence-corrected chi connectivity index (χ3v) is 3.10. The maximum atomic E-state index is 11.1. The van der Waals surface area contributed by atoms with E-state index in [9.17, 15) is 4.79 Å². The van der Waals surface area contributed by atoms with Gasteiger partial charge in [-0.25, -0.2) is 4.79 Å². The number of hydrogen-bond donors (Lipinski definition) is 1. The van der Waals surface area contributed by atoms with Gasteiger partial charge >= 0.3 is 5.97 Å². The third kappa shape index (κ3) is 1.92. The predicted octanol–water partition coefficient (Wildman–Crippen LogP) is 3.42. The second kappa shape index (κ2) is 3.87. The van der Waals surface area contributed by atoms with Crippen molar-refractivity contribution in [2.24, 2.45) is 0 Å². The average molecular weight is 218 g/mol. The van der Waals surface area contributed by atoms with Crippen LogP contribution in [-0.4, -0.2) is 11.1 Å². The van der Waals surface area contributed by atoms with E-state index in [1.165, 1.54) is 0 Å². The van der Waals surface area contributed by atoms with Crippen molar-refractivity contribution >= 4 is 17.3 Å². The largest absolute Gasteiger partial charge is 0.478 e. The first-order valence-electron chi connectivity index (χ1n) is 4.56. The molecule has 0 saturated heterocycles. The Hall–Kier alpha value is -1.61. The first-order chi connectivity index (χ1) is 7.18. The van der Waals surface area contributed by atoms with Gasteiger partial charge in [0.05, 0.1) is 5.56 Å². The summed E-state index contributed by atoms with van der Waals surface area (Å²) in [6.45, 7) is 1.89. The highest BCUT2D eigenvalue weighted by Gasteiger charge is 2.11. The maximum Gasteiger partial charge on any atom is 0.336 e. The van der Waals surface area contributed by atoms with Crippen LogP contribution in [-0.2, 0) is 0 Å². The SMILES string of the molecule is Cc1ccc(-c2cccs2)c(C(=O)O)c1. The summed E-state index contributed by atoms with van der Waals surface area (Å²) in [6.07, 6.45) is 0. The highest BCUT2D eigenvalue weighted by molar-refractivity contribution is 7.13. The summed E-state index contributed by atoms with van der Waals surface area (Å²) in [4.78, 5) is 12.1. The summed E-state index contributed by atoms with van der Waals surface area (Å²) in [5.41, 5.74) is 2.13. The van der Waals surface area contributed by atoms with Gasteiger partial charge < -0.3 is 5.11 Å². The third-order valence-electron chi connectivity index (χ3n) is 2.19. The molecule has 0 saturated carbocycles. The number of carbonyl (C=O) groups is 1. The zero-order valence-corrected chi connectivity index (χ0v) is 9.04. The van der Waals surface area contributed by atoms with Crippen LogP contribution < -0.4 is 0 Å². The van der Waals surface area contributed by atoms with Crippen molar-refractivity contribution in [3.63, 3.8) is 0 Å². The quantitative estimate of drug-likeness (QED) is 0.838. The summed E-state index contributed by atoms with van der Waals surface area (Å²) in [6, 6.07) is 9.36. The minimum absolute atomic E-state index is 0.373. The number of aromatic carboxylic acids is 1. The average Bonchev–Trinajstić information content (AvgIpc) is 2.70.